The average Bonchev–Trinajstić information content (AvgIpc) is 1.82. The molecule has 1 heterocycles. The second-order valence-electron chi connectivity index (χ2n) is 2.07. The lowest BCUT2D eigenvalue weighted by Gasteiger charge is -1.98. The van der Waals surface area contributed by atoms with E-state index in [0.29, 0.717) is 11.4 Å². The highest BCUT2D eigenvalue weighted by molar-refractivity contribution is 5.22. The molecule has 0 radical (unpaired) electrons. The third-order valence-corrected chi connectivity index (χ3v) is 1.20. The van der Waals surface area contributed by atoms with E-state index >= 15 is 0 Å². The Hall–Kier alpha value is -1.19. The Morgan fingerprint density at radius 2 is 1.60 bits per heavy atom. The molecule has 10 heavy (non-hydrogen) atoms. The van der Waals surface area contributed by atoms with E-state index in [2.05, 4.69) is 9.97 Å². The number of anilines is 1. The molecule has 1 aromatic rings. The minimum absolute atomic E-state index is 0.122. The molecule has 0 fully saturated rings. The van der Waals surface area contributed by atoms with E-state index in [-0.39, 0.29) is 11.8 Å². The summed E-state index contributed by atoms with van der Waals surface area (Å²) in [5, 5.41) is 0. The SMILES string of the molecule is Cc1nc(N)nc(C)c1F. The van der Waals surface area contributed by atoms with Crippen LogP contribution in [0.25, 0.3) is 0 Å². The second-order valence-corrected chi connectivity index (χ2v) is 2.07. The fraction of sp³-hybridized carbons (Fsp3) is 0.333. The summed E-state index contributed by atoms with van der Waals surface area (Å²) in [6.07, 6.45) is 0. The molecule has 2 N–H and O–H groups in total. The number of aromatic nitrogens is 2. The molecule has 0 atom stereocenters. The Labute approximate surface area is 58.1 Å². The molecule has 0 aliphatic carbocycles. The standard InChI is InChI=1S/C6H8FN3/c1-3-5(7)4(2)10-6(8)9-3/h1-2H3,(H2,8,9,10). The molecule has 0 amide bonds. The summed E-state index contributed by atoms with van der Waals surface area (Å²) in [5.41, 5.74) is 5.83. The van der Waals surface area contributed by atoms with E-state index in [4.69, 9.17) is 5.73 Å². The molecule has 0 aliphatic heterocycles. The molecular formula is C6H8FN3. The van der Waals surface area contributed by atoms with Gasteiger partial charge in [0, 0.05) is 0 Å². The number of rotatable bonds is 0. The van der Waals surface area contributed by atoms with Crippen molar-refractivity contribution in [3.8, 4) is 0 Å². The summed E-state index contributed by atoms with van der Waals surface area (Å²) < 4.78 is 12.7. The van der Waals surface area contributed by atoms with Gasteiger partial charge in [-0.15, -0.1) is 0 Å². The molecule has 54 valence electrons. The molecule has 0 unspecified atom stereocenters. The molecule has 0 bridgehead atoms. The summed E-state index contributed by atoms with van der Waals surface area (Å²) in [7, 11) is 0. The van der Waals surface area contributed by atoms with Gasteiger partial charge in [0.2, 0.25) is 5.95 Å². The van der Waals surface area contributed by atoms with Crippen molar-refractivity contribution in [1.82, 2.24) is 9.97 Å². The van der Waals surface area contributed by atoms with Crippen LogP contribution >= 0.6 is 0 Å². The number of aryl methyl sites for hydroxylation is 2. The van der Waals surface area contributed by atoms with Gasteiger partial charge in [0.05, 0.1) is 11.4 Å². The normalized spacial score (nSPS) is 9.90. The zero-order chi connectivity index (χ0) is 7.72. The first kappa shape index (κ1) is 6.92. The maximum atomic E-state index is 12.7. The highest BCUT2D eigenvalue weighted by atomic mass is 19.1. The van der Waals surface area contributed by atoms with Gasteiger partial charge in [0.25, 0.3) is 0 Å². The van der Waals surface area contributed by atoms with Gasteiger partial charge < -0.3 is 5.73 Å². The van der Waals surface area contributed by atoms with Crippen molar-refractivity contribution in [2.24, 2.45) is 0 Å². The summed E-state index contributed by atoms with van der Waals surface area (Å²) in [6.45, 7) is 3.11. The van der Waals surface area contributed by atoms with Gasteiger partial charge in [0.15, 0.2) is 5.82 Å². The summed E-state index contributed by atoms with van der Waals surface area (Å²) >= 11 is 0. The first-order valence-corrected chi connectivity index (χ1v) is 2.87. The van der Waals surface area contributed by atoms with E-state index < -0.39 is 0 Å². The summed E-state index contributed by atoms with van der Waals surface area (Å²) in [4.78, 5) is 7.25. The monoisotopic (exact) mass is 141 g/mol. The fourth-order valence-electron chi connectivity index (χ4n) is 0.729. The average molecular weight is 141 g/mol. The Bertz CT molecular complexity index is 236. The lowest BCUT2D eigenvalue weighted by atomic mass is 10.3. The lowest BCUT2D eigenvalue weighted by Crippen LogP contribution is -2.02. The van der Waals surface area contributed by atoms with E-state index in [9.17, 15) is 4.39 Å². The lowest BCUT2D eigenvalue weighted by molar-refractivity contribution is 0.591. The van der Waals surface area contributed by atoms with Crippen LogP contribution in [0.3, 0.4) is 0 Å². The van der Waals surface area contributed by atoms with Gasteiger partial charge >= 0.3 is 0 Å². The smallest absolute Gasteiger partial charge is 0.220 e. The quantitative estimate of drug-likeness (QED) is 0.581. The van der Waals surface area contributed by atoms with Gasteiger partial charge in [0.1, 0.15) is 0 Å². The summed E-state index contributed by atoms with van der Waals surface area (Å²) in [6, 6.07) is 0. The number of hydrogen-bond acceptors (Lipinski definition) is 3. The van der Waals surface area contributed by atoms with Crippen LogP contribution < -0.4 is 5.73 Å². The van der Waals surface area contributed by atoms with E-state index in [0.717, 1.165) is 0 Å². The molecule has 1 aromatic heterocycles. The third kappa shape index (κ3) is 1.05. The molecule has 0 spiro atoms. The van der Waals surface area contributed by atoms with Crippen molar-refractivity contribution in [3.05, 3.63) is 17.2 Å². The number of nitrogen functional groups attached to an aromatic ring is 1. The van der Waals surface area contributed by atoms with Gasteiger partial charge in [-0.05, 0) is 13.8 Å². The first-order chi connectivity index (χ1) is 4.61. The minimum atomic E-state index is -0.380. The van der Waals surface area contributed by atoms with Crippen molar-refractivity contribution < 1.29 is 4.39 Å². The zero-order valence-electron chi connectivity index (χ0n) is 5.85. The molecule has 0 saturated heterocycles. The molecular weight excluding hydrogens is 133 g/mol. The van der Waals surface area contributed by atoms with Crippen LogP contribution in [0.4, 0.5) is 10.3 Å². The predicted molar refractivity (Wildman–Crippen MR) is 35.9 cm³/mol. The van der Waals surface area contributed by atoms with Crippen LogP contribution in [0.1, 0.15) is 11.4 Å². The number of hydrogen-bond donors (Lipinski definition) is 1. The highest BCUT2D eigenvalue weighted by Crippen LogP contribution is 2.07. The summed E-state index contributed by atoms with van der Waals surface area (Å²) in [5.74, 6) is -0.259. The van der Waals surface area contributed by atoms with E-state index in [1.54, 1.807) is 13.8 Å². The number of nitrogens with two attached hydrogens (primary N) is 1. The second kappa shape index (κ2) is 2.21. The van der Waals surface area contributed by atoms with Gasteiger partial charge in [-0.2, -0.15) is 0 Å². The Kier molecular flexibility index (Phi) is 1.53. The molecule has 4 heteroatoms. The minimum Gasteiger partial charge on any atom is -0.368 e. The molecule has 3 nitrogen and oxygen atoms in total. The van der Waals surface area contributed by atoms with Gasteiger partial charge in [-0.3, -0.25) is 0 Å². The van der Waals surface area contributed by atoms with Crippen LogP contribution in [-0.4, -0.2) is 9.97 Å². The number of nitrogens with zero attached hydrogens (tertiary/aromatic N) is 2. The Morgan fingerprint density at radius 3 is 2.00 bits per heavy atom. The topological polar surface area (TPSA) is 51.8 Å². The van der Waals surface area contributed by atoms with Crippen molar-refractivity contribution in [2.75, 3.05) is 5.73 Å². The van der Waals surface area contributed by atoms with Crippen LogP contribution in [-0.2, 0) is 0 Å². The van der Waals surface area contributed by atoms with Crippen LogP contribution in [0.2, 0.25) is 0 Å². The van der Waals surface area contributed by atoms with Gasteiger partial charge in [-0.25, -0.2) is 14.4 Å². The number of halogens is 1. The molecule has 1 rings (SSSR count). The predicted octanol–water partition coefficient (Wildman–Crippen LogP) is 0.815. The van der Waals surface area contributed by atoms with E-state index in [1.165, 1.54) is 0 Å². The Morgan fingerprint density at radius 1 is 1.20 bits per heavy atom. The first-order valence-electron chi connectivity index (χ1n) is 2.87. The van der Waals surface area contributed by atoms with Crippen LogP contribution in [0, 0.1) is 19.7 Å². The van der Waals surface area contributed by atoms with Crippen molar-refractivity contribution in [1.29, 1.82) is 0 Å². The molecule has 0 aromatic carbocycles. The zero-order valence-corrected chi connectivity index (χ0v) is 5.85. The van der Waals surface area contributed by atoms with Crippen molar-refractivity contribution in [3.63, 3.8) is 0 Å². The van der Waals surface area contributed by atoms with Crippen LogP contribution in [0.15, 0.2) is 0 Å². The fourth-order valence-corrected chi connectivity index (χ4v) is 0.729. The Balaban J connectivity index is 3.31. The maximum Gasteiger partial charge on any atom is 0.220 e. The van der Waals surface area contributed by atoms with Gasteiger partial charge in [-0.1, -0.05) is 0 Å². The van der Waals surface area contributed by atoms with Crippen molar-refractivity contribution >= 4 is 5.95 Å². The molecule has 0 aliphatic rings. The largest absolute Gasteiger partial charge is 0.368 e. The van der Waals surface area contributed by atoms with Crippen LogP contribution in [0.5, 0.6) is 0 Å². The maximum absolute atomic E-state index is 12.7. The van der Waals surface area contributed by atoms with Crippen molar-refractivity contribution in [2.45, 2.75) is 13.8 Å². The highest BCUT2D eigenvalue weighted by Gasteiger charge is 2.03. The third-order valence-electron chi connectivity index (χ3n) is 1.20. The molecule has 0 saturated carbocycles. The van der Waals surface area contributed by atoms with E-state index in [1.807, 2.05) is 0 Å².